The van der Waals surface area contributed by atoms with Crippen molar-refractivity contribution in [3.8, 4) is 0 Å². The van der Waals surface area contributed by atoms with Gasteiger partial charge in [0.25, 0.3) is 0 Å². The summed E-state index contributed by atoms with van der Waals surface area (Å²) in [5.41, 5.74) is 2.47. The monoisotopic (exact) mass is 319 g/mol. The molecule has 0 bridgehead atoms. The number of hydrogen-bond donors (Lipinski definition) is 1. The van der Waals surface area contributed by atoms with Crippen molar-refractivity contribution >= 4 is 11.6 Å². The molecule has 1 nitrogen and oxygen atoms in total. The van der Waals surface area contributed by atoms with E-state index in [-0.39, 0.29) is 5.82 Å². The van der Waals surface area contributed by atoms with E-state index in [1.807, 2.05) is 24.3 Å². The van der Waals surface area contributed by atoms with E-state index in [0.717, 1.165) is 42.8 Å². The molecule has 1 N–H and O–H groups in total. The van der Waals surface area contributed by atoms with Crippen LogP contribution >= 0.6 is 11.6 Å². The maximum Gasteiger partial charge on any atom is 0.123 e. The normalized spacial score (nSPS) is 12.3. The predicted molar refractivity (Wildman–Crippen MR) is 92.0 cm³/mol. The standard InChI is InChI=1S/C19H23ClFN/c1-2-3-19(14-16-4-8-17(20)9-5-16)22-13-12-15-6-10-18(21)11-7-15/h4-11,19,22H,2-3,12-14H2,1H3. The van der Waals surface area contributed by atoms with E-state index in [2.05, 4.69) is 24.4 Å². The van der Waals surface area contributed by atoms with Gasteiger partial charge in [-0.15, -0.1) is 0 Å². The quantitative estimate of drug-likeness (QED) is 0.720. The Labute approximate surface area is 137 Å². The summed E-state index contributed by atoms with van der Waals surface area (Å²) >= 11 is 5.93. The Morgan fingerprint density at radius 2 is 1.64 bits per heavy atom. The third-order valence-corrected chi connectivity index (χ3v) is 4.04. The Bertz CT molecular complexity index is 551. The van der Waals surface area contributed by atoms with E-state index >= 15 is 0 Å². The molecule has 0 aromatic heterocycles. The van der Waals surface area contributed by atoms with Crippen LogP contribution in [0.5, 0.6) is 0 Å². The van der Waals surface area contributed by atoms with Gasteiger partial charge >= 0.3 is 0 Å². The topological polar surface area (TPSA) is 12.0 Å². The average Bonchev–Trinajstić information content (AvgIpc) is 2.52. The van der Waals surface area contributed by atoms with Crippen LogP contribution in [0.25, 0.3) is 0 Å². The third-order valence-electron chi connectivity index (χ3n) is 3.79. The zero-order chi connectivity index (χ0) is 15.8. The minimum Gasteiger partial charge on any atom is -0.313 e. The minimum atomic E-state index is -0.177. The molecule has 3 heteroatoms. The molecular formula is C19H23ClFN. The SMILES string of the molecule is CCCC(Cc1ccc(Cl)cc1)NCCc1ccc(F)cc1. The van der Waals surface area contributed by atoms with Gasteiger partial charge < -0.3 is 5.32 Å². The molecule has 0 aliphatic carbocycles. The van der Waals surface area contributed by atoms with Gasteiger partial charge in [0, 0.05) is 11.1 Å². The van der Waals surface area contributed by atoms with Crippen molar-refractivity contribution in [1.82, 2.24) is 5.32 Å². The van der Waals surface area contributed by atoms with E-state index in [1.54, 1.807) is 0 Å². The van der Waals surface area contributed by atoms with Crippen molar-refractivity contribution in [1.29, 1.82) is 0 Å². The number of halogens is 2. The van der Waals surface area contributed by atoms with Crippen LogP contribution in [0.3, 0.4) is 0 Å². The van der Waals surface area contributed by atoms with Crippen molar-refractivity contribution in [2.75, 3.05) is 6.54 Å². The van der Waals surface area contributed by atoms with E-state index in [4.69, 9.17) is 11.6 Å². The lowest BCUT2D eigenvalue weighted by Crippen LogP contribution is -2.32. The van der Waals surface area contributed by atoms with Gasteiger partial charge in [-0.2, -0.15) is 0 Å². The first-order valence-electron chi connectivity index (χ1n) is 7.89. The molecule has 22 heavy (non-hydrogen) atoms. The van der Waals surface area contributed by atoms with Crippen LogP contribution in [-0.4, -0.2) is 12.6 Å². The molecule has 2 aromatic rings. The molecule has 2 rings (SSSR count). The molecule has 0 heterocycles. The summed E-state index contributed by atoms with van der Waals surface area (Å²) in [5, 5.41) is 4.40. The largest absolute Gasteiger partial charge is 0.313 e. The molecule has 1 unspecified atom stereocenters. The van der Waals surface area contributed by atoms with E-state index < -0.39 is 0 Å². The second-order valence-corrected chi connectivity index (χ2v) is 6.08. The average molecular weight is 320 g/mol. The van der Waals surface area contributed by atoms with Crippen LogP contribution in [0.2, 0.25) is 5.02 Å². The molecule has 118 valence electrons. The zero-order valence-electron chi connectivity index (χ0n) is 13.0. The van der Waals surface area contributed by atoms with Gasteiger partial charge in [-0.3, -0.25) is 0 Å². The lowest BCUT2D eigenvalue weighted by Gasteiger charge is -2.18. The molecule has 0 amide bonds. The fraction of sp³-hybridized carbons (Fsp3) is 0.368. The summed E-state index contributed by atoms with van der Waals surface area (Å²) in [7, 11) is 0. The van der Waals surface area contributed by atoms with Gasteiger partial charge in [0.15, 0.2) is 0 Å². The zero-order valence-corrected chi connectivity index (χ0v) is 13.7. The van der Waals surface area contributed by atoms with Crippen LogP contribution < -0.4 is 5.32 Å². The van der Waals surface area contributed by atoms with Crippen molar-refractivity contribution in [2.24, 2.45) is 0 Å². The first-order chi connectivity index (χ1) is 10.7. The van der Waals surface area contributed by atoms with E-state index in [9.17, 15) is 4.39 Å². The van der Waals surface area contributed by atoms with Gasteiger partial charge in [0.1, 0.15) is 5.82 Å². The summed E-state index contributed by atoms with van der Waals surface area (Å²) < 4.78 is 12.9. The number of nitrogens with one attached hydrogen (secondary N) is 1. The molecule has 2 aromatic carbocycles. The number of benzene rings is 2. The summed E-state index contributed by atoms with van der Waals surface area (Å²) in [6, 6.07) is 15.3. The smallest absolute Gasteiger partial charge is 0.123 e. The second kappa shape index (κ2) is 8.92. The third kappa shape index (κ3) is 5.78. The Balaban J connectivity index is 1.83. The van der Waals surface area contributed by atoms with Gasteiger partial charge in [0.05, 0.1) is 0 Å². The Morgan fingerprint density at radius 3 is 2.27 bits per heavy atom. The lowest BCUT2D eigenvalue weighted by atomic mass is 10.0. The Morgan fingerprint density at radius 1 is 1.00 bits per heavy atom. The molecular weight excluding hydrogens is 297 g/mol. The molecule has 0 fully saturated rings. The Hall–Kier alpha value is -1.38. The molecule has 0 aliphatic rings. The number of rotatable bonds is 8. The summed E-state index contributed by atoms with van der Waals surface area (Å²) in [6.45, 7) is 3.11. The van der Waals surface area contributed by atoms with Crippen LogP contribution in [0.4, 0.5) is 4.39 Å². The highest BCUT2D eigenvalue weighted by Crippen LogP contribution is 2.13. The van der Waals surface area contributed by atoms with Crippen LogP contribution in [0, 0.1) is 5.82 Å². The molecule has 1 atom stereocenters. The highest BCUT2D eigenvalue weighted by Gasteiger charge is 2.08. The Kier molecular flexibility index (Phi) is 6.88. The predicted octanol–water partition coefficient (Wildman–Crippen LogP) is 5.02. The minimum absolute atomic E-state index is 0.177. The first kappa shape index (κ1) is 17.0. The van der Waals surface area contributed by atoms with Crippen molar-refractivity contribution in [2.45, 2.75) is 38.6 Å². The van der Waals surface area contributed by atoms with Gasteiger partial charge in [-0.1, -0.05) is 49.2 Å². The highest BCUT2D eigenvalue weighted by molar-refractivity contribution is 6.30. The fourth-order valence-corrected chi connectivity index (χ4v) is 2.73. The molecule has 0 radical (unpaired) electrons. The van der Waals surface area contributed by atoms with Crippen LogP contribution in [0.1, 0.15) is 30.9 Å². The van der Waals surface area contributed by atoms with Crippen LogP contribution in [0.15, 0.2) is 48.5 Å². The molecule has 0 aliphatic heterocycles. The molecule has 0 spiro atoms. The van der Waals surface area contributed by atoms with Gasteiger partial charge in [-0.25, -0.2) is 4.39 Å². The maximum atomic E-state index is 12.9. The highest BCUT2D eigenvalue weighted by atomic mass is 35.5. The van der Waals surface area contributed by atoms with Crippen molar-refractivity contribution < 1.29 is 4.39 Å². The summed E-state index contributed by atoms with van der Waals surface area (Å²) in [4.78, 5) is 0. The lowest BCUT2D eigenvalue weighted by molar-refractivity contribution is 0.475. The second-order valence-electron chi connectivity index (χ2n) is 5.65. The van der Waals surface area contributed by atoms with Crippen molar-refractivity contribution in [3.05, 3.63) is 70.5 Å². The maximum absolute atomic E-state index is 12.9. The fourth-order valence-electron chi connectivity index (χ4n) is 2.60. The van der Waals surface area contributed by atoms with E-state index in [1.165, 1.54) is 17.7 Å². The van der Waals surface area contributed by atoms with Crippen LogP contribution in [-0.2, 0) is 12.8 Å². The summed E-state index contributed by atoms with van der Waals surface area (Å²) in [6.07, 6.45) is 4.23. The number of hydrogen-bond acceptors (Lipinski definition) is 1. The van der Waals surface area contributed by atoms with Gasteiger partial charge in [-0.05, 0) is 61.2 Å². The molecule has 0 saturated heterocycles. The molecule has 0 saturated carbocycles. The first-order valence-corrected chi connectivity index (χ1v) is 8.27. The van der Waals surface area contributed by atoms with Crippen molar-refractivity contribution in [3.63, 3.8) is 0 Å². The van der Waals surface area contributed by atoms with E-state index in [0.29, 0.717) is 6.04 Å². The summed E-state index contributed by atoms with van der Waals surface area (Å²) in [5.74, 6) is -0.177. The van der Waals surface area contributed by atoms with Gasteiger partial charge in [0.2, 0.25) is 0 Å².